The summed E-state index contributed by atoms with van der Waals surface area (Å²) in [6, 6.07) is 16.2. The molecule has 0 amide bonds. The molecule has 0 fully saturated rings. The van der Waals surface area contributed by atoms with Gasteiger partial charge in [-0.25, -0.2) is 0 Å². The van der Waals surface area contributed by atoms with Crippen LogP contribution >= 0.6 is 0 Å². The number of benzene rings is 2. The molecule has 3 heterocycles. The van der Waals surface area contributed by atoms with Crippen molar-refractivity contribution < 1.29 is 9.15 Å². The third kappa shape index (κ3) is 3.39. The number of H-pyrrole nitrogens is 1. The van der Waals surface area contributed by atoms with Crippen molar-refractivity contribution in [3.63, 3.8) is 0 Å². The molecule has 1 N–H and O–H groups in total. The molecule has 0 aliphatic carbocycles. The number of ether oxygens (including phenoxy) is 1. The van der Waals surface area contributed by atoms with Gasteiger partial charge in [-0.15, -0.1) is 10.2 Å². The number of fused-ring (bicyclic) bond motifs is 1. The highest BCUT2D eigenvalue weighted by Crippen LogP contribution is 2.32. The van der Waals surface area contributed by atoms with Crippen molar-refractivity contribution >= 4 is 16.5 Å². The fourth-order valence-electron chi connectivity index (χ4n) is 4.03. The Bertz CT molecular complexity index is 1190. The lowest BCUT2D eigenvalue weighted by Gasteiger charge is -2.29. The van der Waals surface area contributed by atoms with Crippen LogP contribution in [0.15, 0.2) is 65.2 Å². The zero-order valence-electron chi connectivity index (χ0n) is 17.1. The summed E-state index contributed by atoms with van der Waals surface area (Å²) >= 11 is 0. The fraction of sp³-hybridized carbons (Fsp3) is 0.250. The van der Waals surface area contributed by atoms with Crippen molar-refractivity contribution in [2.45, 2.75) is 19.4 Å². The molecule has 6 heteroatoms. The summed E-state index contributed by atoms with van der Waals surface area (Å²) in [6.45, 7) is 3.93. The molecule has 2 aromatic carbocycles. The van der Waals surface area contributed by atoms with Crippen molar-refractivity contribution in [3.05, 3.63) is 72.3 Å². The average molecular weight is 400 g/mol. The number of aromatic nitrogens is 3. The fourth-order valence-corrected chi connectivity index (χ4v) is 4.03. The smallest absolute Gasteiger partial charge is 0.247 e. The maximum absolute atomic E-state index is 5.98. The summed E-state index contributed by atoms with van der Waals surface area (Å²) in [4.78, 5) is 5.74. The van der Waals surface area contributed by atoms with Crippen LogP contribution in [-0.4, -0.2) is 40.3 Å². The lowest BCUT2D eigenvalue weighted by atomic mass is 9.98. The van der Waals surface area contributed by atoms with Crippen LogP contribution in [0.3, 0.4) is 0 Å². The average Bonchev–Trinajstić information content (AvgIpc) is 3.47. The Balaban J connectivity index is 1.31. The van der Waals surface area contributed by atoms with Gasteiger partial charge < -0.3 is 14.1 Å². The third-order valence-corrected chi connectivity index (χ3v) is 5.86. The van der Waals surface area contributed by atoms with E-state index in [-0.39, 0.29) is 6.04 Å². The van der Waals surface area contributed by atoms with Crippen molar-refractivity contribution in [1.29, 1.82) is 0 Å². The van der Waals surface area contributed by atoms with Crippen LogP contribution < -0.4 is 4.74 Å². The number of rotatable bonds is 5. The quantitative estimate of drug-likeness (QED) is 0.506. The van der Waals surface area contributed by atoms with Gasteiger partial charge >= 0.3 is 0 Å². The van der Waals surface area contributed by atoms with Gasteiger partial charge in [0.1, 0.15) is 5.75 Å². The molecule has 0 bridgehead atoms. The molecule has 0 saturated carbocycles. The Labute approximate surface area is 175 Å². The normalized spacial score (nSPS) is 15.9. The first-order valence-corrected chi connectivity index (χ1v) is 10.2. The van der Waals surface area contributed by atoms with Gasteiger partial charge in [0.05, 0.1) is 13.2 Å². The predicted molar refractivity (Wildman–Crippen MR) is 117 cm³/mol. The van der Waals surface area contributed by atoms with Crippen LogP contribution in [0.2, 0.25) is 0 Å². The van der Waals surface area contributed by atoms with Crippen molar-refractivity contribution in [1.82, 2.24) is 20.1 Å². The molecule has 0 spiro atoms. The number of nitrogens with zero attached hydrogens (tertiary/aromatic N) is 3. The van der Waals surface area contributed by atoms with Gasteiger partial charge in [-0.2, -0.15) is 0 Å². The number of hydrogen-bond donors (Lipinski definition) is 1. The second-order valence-electron chi connectivity index (χ2n) is 7.57. The first kappa shape index (κ1) is 18.6. The van der Waals surface area contributed by atoms with Crippen LogP contribution in [0, 0.1) is 0 Å². The maximum atomic E-state index is 5.98. The number of methoxy groups -OCH3 is 1. The molecule has 5 rings (SSSR count). The molecule has 2 aromatic heterocycles. The Morgan fingerprint density at radius 3 is 2.70 bits per heavy atom. The largest absolute Gasteiger partial charge is 0.497 e. The van der Waals surface area contributed by atoms with E-state index in [9.17, 15) is 0 Å². The van der Waals surface area contributed by atoms with E-state index in [0.717, 1.165) is 30.8 Å². The summed E-state index contributed by atoms with van der Waals surface area (Å²) < 4.78 is 11.2. The Morgan fingerprint density at radius 1 is 1.10 bits per heavy atom. The minimum Gasteiger partial charge on any atom is -0.497 e. The Kier molecular flexibility index (Phi) is 4.85. The summed E-state index contributed by atoms with van der Waals surface area (Å²) in [5.41, 5.74) is 4.76. The monoisotopic (exact) mass is 400 g/mol. The number of hydrogen-bond acceptors (Lipinski definition) is 5. The van der Waals surface area contributed by atoms with E-state index in [4.69, 9.17) is 9.15 Å². The van der Waals surface area contributed by atoms with E-state index in [1.54, 1.807) is 7.11 Å². The predicted octanol–water partition coefficient (Wildman–Crippen LogP) is 5.08. The molecule has 1 aliphatic rings. The first-order chi connectivity index (χ1) is 14.7. The van der Waals surface area contributed by atoms with Crippen LogP contribution in [0.25, 0.3) is 27.9 Å². The zero-order chi connectivity index (χ0) is 20.5. The van der Waals surface area contributed by atoms with Crippen LogP contribution in [0.1, 0.15) is 30.8 Å². The van der Waals surface area contributed by atoms with Gasteiger partial charge in [0.2, 0.25) is 11.8 Å². The van der Waals surface area contributed by atoms with Gasteiger partial charge in [0, 0.05) is 41.3 Å². The molecule has 1 aliphatic heterocycles. The molecule has 0 radical (unpaired) electrons. The van der Waals surface area contributed by atoms with E-state index in [0.29, 0.717) is 11.8 Å². The topological polar surface area (TPSA) is 67.2 Å². The molecular formula is C24H24N4O2. The van der Waals surface area contributed by atoms with Gasteiger partial charge in [-0.05, 0) is 49.2 Å². The zero-order valence-corrected chi connectivity index (χ0v) is 17.1. The lowest BCUT2D eigenvalue weighted by molar-refractivity contribution is 0.202. The highest BCUT2D eigenvalue weighted by molar-refractivity contribution is 5.92. The highest BCUT2D eigenvalue weighted by atomic mass is 16.5. The minimum absolute atomic E-state index is 0.0604. The SMILES string of the molecule is COc1ccc(-c2nnc([C@@H](C)N3CC=C(c4c[nH]c5ccccc45)CC3)o2)cc1. The lowest BCUT2D eigenvalue weighted by Crippen LogP contribution is -2.31. The van der Waals surface area contributed by atoms with Crippen molar-refractivity contribution in [2.24, 2.45) is 0 Å². The van der Waals surface area contributed by atoms with Crippen molar-refractivity contribution in [2.75, 3.05) is 20.2 Å². The first-order valence-electron chi connectivity index (χ1n) is 10.2. The van der Waals surface area contributed by atoms with Crippen LogP contribution in [0.4, 0.5) is 0 Å². The summed E-state index contributed by atoms with van der Waals surface area (Å²) in [5, 5.41) is 9.83. The molecule has 152 valence electrons. The second kappa shape index (κ2) is 7.80. The Hall–Kier alpha value is -3.38. The van der Waals surface area contributed by atoms with Gasteiger partial charge in [-0.3, -0.25) is 4.90 Å². The van der Waals surface area contributed by atoms with E-state index in [1.807, 2.05) is 24.3 Å². The van der Waals surface area contributed by atoms with E-state index in [2.05, 4.69) is 63.5 Å². The standard InChI is InChI=1S/C24H24N4O2/c1-16(23-26-27-24(30-23)18-7-9-19(29-2)10-8-18)28-13-11-17(12-14-28)21-15-25-22-6-4-3-5-20(21)22/h3-11,15-16,25H,12-14H2,1-2H3/t16-/m1/s1. The molecular weight excluding hydrogens is 376 g/mol. The third-order valence-electron chi connectivity index (χ3n) is 5.86. The maximum Gasteiger partial charge on any atom is 0.247 e. The van der Waals surface area contributed by atoms with Gasteiger partial charge in [0.15, 0.2) is 0 Å². The number of nitrogens with one attached hydrogen (secondary N) is 1. The molecule has 4 aromatic rings. The summed E-state index contributed by atoms with van der Waals surface area (Å²) in [6.07, 6.45) is 5.43. The van der Waals surface area contributed by atoms with Crippen LogP contribution in [-0.2, 0) is 0 Å². The van der Waals surface area contributed by atoms with Gasteiger partial charge in [-0.1, -0.05) is 24.3 Å². The molecule has 1 atom stereocenters. The summed E-state index contributed by atoms with van der Waals surface area (Å²) in [7, 11) is 1.65. The van der Waals surface area contributed by atoms with Gasteiger partial charge in [0.25, 0.3) is 0 Å². The minimum atomic E-state index is 0.0604. The molecule has 0 saturated heterocycles. The number of para-hydroxylation sites is 1. The highest BCUT2D eigenvalue weighted by Gasteiger charge is 2.24. The molecule has 6 nitrogen and oxygen atoms in total. The second-order valence-corrected chi connectivity index (χ2v) is 7.57. The Morgan fingerprint density at radius 2 is 1.93 bits per heavy atom. The van der Waals surface area contributed by atoms with Crippen LogP contribution in [0.5, 0.6) is 5.75 Å². The summed E-state index contributed by atoms with van der Waals surface area (Å²) in [5.74, 6) is 1.98. The molecule has 30 heavy (non-hydrogen) atoms. The number of aromatic amines is 1. The van der Waals surface area contributed by atoms with E-state index in [1.165, 1.54) is 22.0 Å². The molecule has 0 unspecified atom stereocenters. The van der Waals surface area contributed by atoms with Crippen molar-refractivity contribution in [3.8, 4) is 17.2 Å². The van der Waals surface area contributed by atoms with E-state index < -0.39 is 0 Å². The van der Waals surface area contributed by atoms with E-state index >= 15 is 0 Å².